The molecular weight excluding hydrogens is 1090 g/mol. The van der Waals surface area contributed by atoms with Crippen molar-refractivity contribution in [2.45, 2.75) is 172 Å². The van der Waals surface area contributed by atoms with E-state index in [0.717, 1.165) is 32.3 Å². The van der Waals surface area contributed by atoms with Gasteiger partial charge in [-0.2, -0.15) is 0 Å². The molecule has 81 heavy (non-hydrogen) atoms. The zero-order valence-electron chi connectivity index (χ0n) is 48.1. The summed E-state index contributed by atoms with van der Waals surface area (Å²) in [6, 6.07) is 34.5. The fraction of sp³-hybridized carbons (Fsp3) is 0.492. The van der Waals surface area contributed by atoms with Gasteiger partial charge in [-0.1, -0.05) is 158 Å². The van der Waals surface area contributed by atoms with E-state index in [4.69, 9.17) is 38.9 Å². The number of ether oxygens (including phenoxy) is 7. The van der Waals surface area contributed by atoms with Crippen LogP contribution < -0.4 is 20.9 Å². The number of para-hydroxylation sites is 2. The predicted octanol–water partition coefficient (Wildman–Crippen LogP) is 11.1. The number of benzene rings is 4. The van der Waals surface area contributed by atoms with Gasteiger partial charge >= 0.3 is 5.97 Å². The number of nitrogens with two attached hydrogens (primary N) is 1. The van der Waals surface area contributed by atoms with Crippen molar-refractivity contribution < 1.29 is 52.3 Å². The van der Waals surface area contributed by atoms with Crippen molar-refractivity contribution in [2.24, 2.45) is 16.6 Å². The van der Waals surface area contributed by atoms with Crippen LogP contribution in [0.4, 0.5) is 11.4 Å². The van der Waals surface area contributed by atoms with Gasteiger partial charge in [0.15, 0.2) is 29.9 Å². The first kappa shape index (κ1) is 66.7. The maximum Gasteiger partial charge on any atom is 0.338 e. The summed E-state index contributed by atoms with van der Waals surface area (Å²) < 4.78 is 40.2. The molecule has 442 valence electrons. The van der Waals surface area contributed by atoms with Crippen LogP contribution in [0.1, 0.15) is 94.2 Å². The third kappa shape index (κ3) is 18.5. The average molecular weight is 1170 g/mol. The van der Waals surface area contributed by atoms with E-state index in [0.29, 0.717) is 31.0 Å². The largest absolute Gasteiger partial charge is 0.454 e. The van der Waals surface area contributed by atoms with Crippen molar-refractivity contribution in [1.82, 2.24) is 5.32 Å². The van der Waals surface area contributed by atoms with Gasteiger partial charge in [-0.15, -0.1) is 35.9 Å². The van der Waals surface area contributed by atoms with Gasteiger partial charge in [0.05, 0.1) is 42.7 Å². The Kier molecular flexibility index (Phi) is 23.9. The normalized spacial score (nSPS) is 25.4. The van der Waals surface area contributed by atoms with Crippen molar-refractivity contribution >= 4 is 71.0 Å². The molecule has 3 fully saturated rings. The number of thioether (sulfide) groups is 2. The Balaban J connectivity index is 0.000000242. The van der Waals surface area contributed by atoms with Crippen LogP contribution in [0.25, 0.3) is 0 Å². The molecule has 5 heterocycles. The van der Waals surface area contributed by atoms with Crippen LogP contribution in [0.15, 0.2) is 143 Å². The Morgan fingerprint density at radius 2 is 1.19 bits per heavy atom. The molecule has 15 nitrogen and oxygen atoms in total. The fourth-order valence-corrected chi connectivity index (χ4v) is 11.7. The number of hydrogen-bond donors (Lipinski definition) is 2. The summed E-state index contributed by atoms with van der Waals surface area (Å²) in [7, 11) is 2.98. The zero-order chi connectivity index (χ0) is 57.3. The Labute approximate surface area is 495 Å². The van der Waals surface area contributed by atoms with Crippen LogP contribution in [0.3, 0.4) is 0 Å². The molecule has 3 N–H and O–H groups in total. The maximum absolute atomic E-state index is 13.9. The van der Waals surface area contributed by atoms with Crippen LogP contribution >= 0.6 is 35.9 Å². The Morgan fingerprint density at radius 3 is 1.72 bits per heavy atom. The summed E-state index contributed by atoms with van der Waals surface area (Å²) in [6.45, 7) is 21.0. The molecule has 9 atom stereocenters. The van der Waals surface area contributed by atoms with E-state index in [9.17, 15) is 19.2 Å². The third-order valence-electron chi connectivity index (χ3n) is 13.3. The van der Waals surface area contributed by atoms with Gasteiger partial charge in [0.1, 0.15) is 18.2 Å². The summed E-state index contributed by atoms with van der Waals surface area (Å²) in [4.78, 5) is 57.5. The maximum atomic E-state index is 13.9. The van der Waals surface area contributed by atoms with Gasteiger partial charge in [0, 0.05) is 41.9 Å². The zero-order valence-corrected chi connectivity index (χ0v) is 50.6. The molecule has 0 aromatic heterocycles. The fourth-order valence-electron chi connectivity index (χ4n) is 9.62. The van der Waals surface area contributed by atoms with Crippen LogP contribution in [-0.4, -0.2) is 116 Å². The molecule has 3 amide bonds. The third-order valence-corrected chi connectivity index (χ3v) is 15.6. The van der Waals surface area contributed by atoms with E-state index in [1.807, 2.05) is 149 Å². The van der Waals surface area contributed by atoms with E-state index in [1.54, 1.807) is 33.3 Å². The molecule has 0 saturated carbocycles. The quantitative estimate of drug-likeness (QED) is 0.107. The first-order chi connectivity index (χ1) is 37.3. The number of fused-ring (bicyclic) bond motifs is 3. The minimum atomic E-state index is -0.898. The van der Waals surface area contributed by atoms with Crippen LogP contribution in [-0.2, 0) is 65.4 Å². The van der Waals surface area contributed by atoms with Crippen molar-refractivity contribution in [3.63, 3.8) is 0 Å². The summed E-state index contributed by atoms with van der Waals surface area (Å²) in [6.07, 6.45) is 5.03. The number of nitrogens with one attached hydrogen (secondary N) is 1. The molecule has 5 aliphatic heterocycles. The molecule has 0 aliphatic carbocycles. The second-order valence-corrected chi connectivity index (χ2v) is 25.3. The van der Waals surface area contributed by atoms with Gasteiger partial charge in [-0.05, 0) is 73.9 Å². The van der Waals surface area contributed by atoms with E-state index >= 15 is 0 Å². The molecule has 4 aromatic rings. The number of halogens is 1. The van der Waals surface area contributed by atoms with E-state index in [2.05, 4.69) is 59.0 Å². The first-order valence-electron chi connectivity index (χ1n) is 26.9. The van der Waals surface area contributed by atoms with Crippen molar-refractivity contribution in [3.8, 4) is 0 Å². The van der Waals surface area contributed by atoms with Crippen LogP contribution in [0.2, 0.25) is 0 Å². The lowest BCUT2D eigenvalue weighted by Crippen LogP contribution is -2.57. The Hall–Kier alpha value is -5.05. The first-order valence-corrected chi connectivity index (χ1v) is 28.9. The number of nitrogens with zero attached hydrogens (tertiary/aromatic N) is 2. The van der Waals surface area contributed by atoms with Gasteiger partial charge in [-0.25, -0.2) is 4.79 Å². The van der Waals surface area contributed by atoms with Crippen LogP contribution in [0, 0.1) is 10.8 Å². The monoisotopic (exact) mass is 1170 g/mol. The number of carbonyl (C=O) groups excluding carboxylic acids is 4. The number of esters is 1. The van der Waals surface area contributed by atoms with E-state index in [1.165, 1.54) is 14.2 Å². The standard InChI is InChI=1S/C31H40N2O5S.C16H16N2OS.C15H24O5.CH4.ClH/c1-30(2,3)17-16-22-18-25(38-31(4,5)37-22)27(36-6)28(34)32-23-20-39-26-15-11-10-14-24(26)33(29(23)35)19-21-12-8-7-9-13-21;17-13-11-20-15-9-5-4-8-14(15)18(16(13)19)10-12-6-2-1-3-7-12;1-14(2,3)8-7-9-10-11(20-15(4,5)19-9)12(17-6)13(16)18-10;;/h7-17,22-23,25,27H,18-20H2,1-6H3,(H,32,34);1-9,13H,10-11,17H2;7-12H,1-6H3;1H4;1H/b17-16+;;8-7+;;/t22-,23+,25-,27-;13-;9-,10+,11-,12-;;/m101../s1. The highest BCUT2D eigenvalue weighted by Crippen LogP contribution is 2.39. The number of rotatable bonds is 11. The number of methoxy groups -OCH3 is 2. The molecule has 0 bridgehead atoms. The second kappa shape index (κ2) is 29.0. The lowest BCUT2D eigenvalue weighted by molar-refractivity contribution is -0.318. The smallest absolute Gasteiger partial charge is 0.338 e. The number of allylic oxidation sites excluding steroid dienone is 2. The Bertz CT molecular complexity index is 2770. The minimum absolute atomic E-state index is 0. The number of hydrogen-bond acceptors (Lipinski definition) is 14. The predicted molar refractivity (Wildman–Crippen MR) is 324 cm³/mol. The summed E-state index contributed by atoms with van der Waals surface area (Å²) in [5.41, 5.74) is 9.95. The molecule has 3 saturated heterocycles. The second-order valence-electron chi connectivity index (χ2n) is 23.2. The van der Waals surface area contributed by atoms with Gasteiger partial charge in [0.2, 0.25) is 5.91 Å². The topological polar surface area (TPSA) is 177 Å². The van der Waals surface area contributed by atoms with Gasteiger partial charge < -0.3 is 54.0 Å². The average Bonchev–Trinajstić information content (AvgIpc) is 3.75. The SMILES string of the molecule is C.CO[C@@H](C(=O)N[C@H]1CSc2ccccc2N(Cc2ccccc2)C1=O)[C@H]1C[C@@H](/C=C/C(C)(C)C)OC(C)(C)O1.CO[C@H]1C(=O)O[C@@H]2[C@H]1OC(C)(C)O[C@@H]2/C=C/C(C)(C)C.Cl.N[C@H]1CSc2ccccc2N(Cc2ccccc2)C1=O. The van der Waals surface area contributed by atoms with Gasteiger partial charge in [0.25, 0.3) is 11.8 Å². The van der Waals surface area contributed by atoms with Crippen molar-refractivity contribution in [1.29, 1.82) is 0 Å². The molecule has 0 spiro atoms. The number of anilines is 2. The molecule has 0 radical (unpaired) electrons. The van der Waals surface area contributed by atoms with E-state index < -0.39 is 60.1 Å². The highest BCUT2D eigenvalue weighted by Gasteiger charge is 2.55. The minimum Gasteiger partial charge on any atom is -0.454 e. The lowest BCUT2D eigenvalue weighted by atomic mass is 9.94. The van der Waals surface area contributed by atoms with Gasteiger partial charge in [-0.3, -0.25) is 14.4 Å². The highest BCUT2D eigenvalue weighted by molar-refractivity contribution is 7.99. The summed E-state index contributed by atoms with van der Waals surface area (Å²) in [5.74, 6) is -1.55. The summed E-state index contributed by atoms with van der Waals surface area (Å²) >= 11 is 3.21. The molecule has 0 unspecified atom stereocenters. The molecule has 9 rings (SSSR count). The molecule has 5 aliphatic rings. The Morgan fingerprint density at radius 1 is 0.691 bits per heavy atom. The van der Waals surface area contributed by atoms with Crippen molar-refractivity contribution in [3.05, 3.63) is 145 Å². The van der Waals surface area contributed by atoms with Crippen molar-refractivity contribution in [2.75, 3.05) is 35.5 Å². The van der Waals surface area contributed by atoms with Crippen LogP contribution in [0.5, 0.6) is 0 Å². The lowest BCUT2D eigenvalue weighted by Gasteiger charge is -2.42. The highest BCUT2D eigenvalue weighted by atomic mass is 35.5. The molecule has 18 heteroatoms. The molecule has 4 aromatic carbocycles. The number of amides is 3. The van der Waals surface area contributed by atoms with E-state index in [-0.39, 0.29) is 60.6 Å². The molecular formula is C63H85ClN4O11S2. The number of carbonyl (C=O) groups is 4. The summed E-state index contributed by atoms with van der Waals surface area (Å²) in [5, 5.41) is 2.99.